The largest absolute Gasteiger partial charge is 0.508 e. The highest BCUT2D eigenvalue weighted by Crippen LogP contribution is 2.43. The first-order valence-electron chi connectivity index (χ1n) is 10.4. The Morgan fingerprint density at radius 3 is 2.52 bits per heavy atom. The van der Waals surface area contributed by atoms with E-state index in [2.05, 4.69) is 0 Å². The van der Waals surface area contributed by atoms with Crippen LogP contribution in [0.15, 0.2) is 52.1 Å². The molecule has 170 valence electrons. The third-order valence-electron chi connectivity index (χ3n) is 6.19. The van der Waals surface area contributed by atoms with E-state index in [1.54, 1.807) is 26.3 Å². The Bertz CT molecular complexity index is 1510. The third-order valence-corrected chi connectivity index (χ3v) is 6.42. The van der Waals surface area contributed by atoms with Crippen LogP contribution in [0.4, 0.5) is 0 Å². The Labute approximate surface area is 193 Å². The van der Waals surface area contributed by atoms with E-state index in [1.807, 2.05) is 28.8 Å². The molecule has 0 saturated carbocycles. The van der Waals surface area contributed by atoms with Gasteiger partial charge in [0.15, 0.2) is 0 Å². The highest BCUT2D eigenvalue weighted by Gasteiger charge is 2.34. The second-order valence-corrected chi connectivity index (χ2v) is 8.43. The van der Waals surface area contributed by atoms with Crippen molar-refractivity contribution in [3.63, 3.8) is 0 Å². The van der Waals surface area contributed by atoms with E-state index in [9.17, 15) is 14.7 Å². The summed E-state index contributed by atoms with van der Waals surface area (Å²) in [6.07, 6.45) is -0.718. The summed E-state index contributed by atoms with van der Waals surface area (Å²) in [5.41, 5.74) is 2.22. The molecule has 1 N–H and O–H groups in total. The fourth-order valence-corrected chi connectivity index (χ4v) is 4.78. The van der Waals surface area contributed by atoms with E-state index in [0.29, 0.717) is 51.8 Å². The van der Waals surface area contributed by atoms with Gasteiger partial charge in [0.05, 0.1) is 36.0 Å². The van der Waals surface area contributed by atoms with Crippen LogP contribution >= 0.6 is 11.6 Å². The minimum absolute atomic E-state index is 0.0204. The van der Waals surface area contributed by atoms with Crippen LogP contribution in [-0.2, 0) is 25.4 Å². The van der Waals surface area contributed by atoms with Crippen molar-refractivity contribution in [2.75, 3.05) is 13.7 Å². The standard InChI is InChI=1S/C24H22ClN3O5/c1-26-20-18(23(30)27(2)24(26)31)19(13-4-7-15(32-3)8-5-13)28-10-11-33-22(21(20)28)16-12-14(25)6-9-17(16)29/h4-9,12,22,29H,10-11H2,1-3H3. The van der Waals surface area contributed by atoms with E-state index >= 15 is 0 Å². The molecule has 1 aliphatic heterocycles. The smallest absolute Gasteiger partial charge is 0.331 e. The zero-order valence-electron chi connectivity index (χ0n) is 18.3. The molecule has 0 spiro atoms. The first-order valence-corrected chi connectivity index (χ1v) is 10.8. The second-order valence-electron chi connectivity index (χ2n) is 8.00. The van der Waals surface area contributed by atoms with Crippen molar-refractivity contribution >= 4 is 22.5 Å². The van der Waals surface area contributed by atoms with Crippen LogP contribution in [0.2, 0.25) is 5.02 Å². The van der Waals surface area contributed by atoms with Gasteiger partial charge in [-0.3, -0.25) is 13.9 Å². The van der Waals surface area contributed by atoms with Gasteiger partial charge in [0, 0.05) is 31.2 Å². The Morgan fingerprint density at radius 2 is 1.82 bits per heavy atom. The maximum absolute atomic E-state index is 13.4. The molecule has 0 fully saturated rings. The molecular weight excluding hydrogens is 446 g/mol. The van der Waals surface area contributed by atoms with Gasteiger partial charge in [0.25, 0.3) is 5.56 Å². The fraction of sp³-hybridized carbons (Fsp3) is 0.250. The van der Waals surface area contributed by atoms with E-state index in [4.69, 9.17) is 21.1 Å². The molecule has 1 atom stereocenters. The van der Waals surface area contributed by atoms with Crippen molar-refractivity contribution in [1.82, 2.24) is 13.7 Å². The lowest BCUT2D eigenvalue weighted by Gasteiger charge is -2.28. The van der Waals surface area contributed by atoms with Crippen LogP contribution in [0, 0.1) is 0 Å². The number of methoxy groups -OCH3 is 1. The van der Waals surface area contributed by atoms with Crippen molar-refractivity contribution in [2.24, 2.45) is 14.1 Å². The maximum Gasteiger partial charge on any atom is 0.331 e. The van der Waals surface area contributed by atoms with Crippen molar-refractivity contribution in [1.29, 1.82) is 0 Å². The van der Waals surface area contributed by atoms with Crippen LogP contribution < -0.4 is 16.0 Å². The summed E-state index contributed by atoms with van der Waals surface area (Å²) in [7, 11) is 4.69. The number of fused-ring (bicyclic) bond motifs is 3. The predicted molar refractivity (Wildman–Crippen MR) is 125 cm³/mol. The molecule has 9 heteroatoms. The molecule has 2 aromatic heterocycles. The van der Waals surface area contributed by atoms with Crippen molar-refractivity contribution in [3.05, 3.63) is 79.6 Å². The molecule has 0 radical (unpaired) electrons. The monoisotopic (exact) mass is 467 g/mol. The molecule has 1 aliphatic rings. The van der Waals surface area contributed by atoms with Crippen LogP contribution in [-0.4, -0.2) is 32.5 Å². The van der Waals surface area contributed by atoms with E-state index in [1.165, 1.54) is 17.7 Å². The van der Waals surface area contributed by atoms with Gasteiger partial charge in [-0.05, 0) is 48.0 Å². The first kappa shape index (κ1) is 21.4. The van der Waals surface area contributed by atoms with Gasteiger partial charge >= 0.3 is 5.69 Å². The number of aryl methyl sites for hydroxylation is 1. The lowest BCUT2D eigenvalue weighted by molar-refractivity contribution is 0.0464. The Kier molecular flexibility index (Phi) is 5.07. The number of ether oxygens (including phenoxy) is 2. The van der Waals surface area contributed by atoms with Crippen LogP contribution in [0.3, 0.4) is 0 Å². The quantitative estimate of drug-likeness (QED) is 0.500. The lowest BCUT2D eigenvalue weighted by Crippen LogP contribution is -2.37. The molecule has 0 bridgehead atoms. The number of rotatable bonds is 3. The van der Waals surface area contributed by atoms with E-state index in [-0.39, 0.29) is 5.75 Å². The van der Waals surface area contributed by atoms with Gasteiger partial charge < -0.3 is 19.1 Å². The number of nitrogens with zero attached hydrogens (tertiary/aromatic N) is 3. The molecule has 4 aromatic rings. The highest BCUT2D eigenvalue weighted by atomic mass is 35.5. The molecule has 3 heterocycles. The highest BCUT2D eigenvalue weighted by molar-refractivity contribution is 6.30. The molecular formula is C24H22ClN3O5. The van der Waals surface area contributed by atoms with E-state index < -0.39 is 17.4 Å². The van der Waals surface area contributed by atoms with Gasteiger partial charge in [-0.15, -0.1) is 0 Å². The summed E-state index contributed by atoms with van der Waals surface area (Å²) < 4.78 is 16.0. The Balaban J connectivity index is 1.93. The summed E-state index contributed by atoms with van der Waals surface area (Å²) in [6.45, 7) is 0.822. The zero-order chi connectivity index (χ0) is 23.4. The number of benzene rings is 2. The molecule has 0 saturated heterocycles. The van der Waals surface area contributed by atoms with Gasteiger partial charge in [-0.1, -0.05) is 11.6 Å². The normalized spacial score (nSPS) is 15.6. The molecule has 2 aromatic carbocycles. The van der Waals surface area contributed by atoms with Gasteiger partial charge in [0.2, 0.25) is 0 Å². The van der Waals surface area contributed by atoms with Crippen molar-refractivity contribution in [3.8, 4) is 22.8 Å². The zero-order valence-corrected chi connectivity index (χ0v) is 19.1. The number of phenols is 1. The number of hydrogen-bond donors (Lipinski definition) is 1. The minimum Gasteiger partial charge on any atom is -0.508 e. The summed E-state index contributed by atoms with van der Waals surface area (Å²) in [5, 5.41) is 11.5. The van der Waals surface area contributed by atoms with Crippen LogP contribution in [0.1, 0.15) is 17.4 Å². The molecule has 0 aliphatic carbocycles. The van der Waals surface area contributed by atoms with Gasteiger partial charge in [0.1, 0.15) is 17.6 Å². The SMILES string of the molecule is COc1ccc(-c2c3c(=O)n(C)c(=O)n(C)c3c3n2CCOC3c2cc(Cl)ccc2O)cc1. The Hall–Kier alpha value is -3.49. The second kappa shape index (κ2) is 7.83. The average molecular weight is 468 g/mol. The van der Waals surface area contributed by atoms with Crippen molar-refractivity contribution in [2.45, 2.75) is 12.6 Å². The topological polar surface area (TPSA) is 87.6 Å². The predicted octanol–water partition coefficient (Wildman–Crippen LogP) is 3.19. The number of aromatic nitrogens is 3. The number of phenolic OH excluding ortho intramolecular Hbond substituents is 1. The molecule has 0 amide bonds. The van der Waals surface area contributed by atoms with Gasteiger partial charge in [-0.2, -0.15) is 0 Å². The minimum atomic E-state index is -0.718. The molecule has 1 unspecified atom stereocenters. The number of halogens is 1. The average Bonchev–Trinajstić information content (AvgIpc) is 3.18. The third kappa shape index (κ3) is 3.17. The summed E-state index contributed by atoms with van der Waals surface area (Å²) in [5.74, 6) is 0.714. The van der Waals surface area contributed by atoms with E-state index in [0.717, 1.165) is 10.1 Å². The van der Waals surface area contributed by atoms with Crippen LogP contribution in [0.5, 0.6) is 11.5 Å². The molecule has 8 nitrogen and oxygen atoms in total. The van der Waals surface area contributed by atoms with Gasteiger partial charge in [-0.25, -0.2) is 4.79 Å². The fourth-order valence-electron chi connectivity index (χ4n) is 4.60. The summed E-state index contributed by atoms with van der Waals surface area (Å²) >= 11 is 6.22. The maximum atomic E-state index is 13.4. The first-order chi connectivity index (χ1) is 15.8. The molecule has 5 rings (SSSR count). The lowest BCUT2D eigenvalue weighted by atomic mass is 10.0. The summed E-state index contributed by atoms with van der Waals surface area (Å²) in [6, 6.07) is 12.2. The summed E-state index contributed by atoms with van der Waals surface area (Å²) in [4.78, 5) is 26.3. The van der Waals surface area contributed by atoms with Crippen molar-refractivity contribution < 1.29 is 14.6 Å². The molecule has 33 heavy (non-hydrogen) atoms. The number of hydrogen-bond acceptors (Lipinski definition) is 5. The number of aromatic hydroxyl groups is 1. The Morgan fingerprint density at radius 1 is 1.09 bits per heavy atom. The van der Waals surface area contributed by atoms with Crippen LogP contribution in [0.25, 0.3) is 22.2 Å².